The molecular formula is C12H8Br4N2. The Morgan fingerprint density at radius 2 is 1.72 bits per heavy atom. The van der Waals surface area contributed by atoms with Gasteiger partial charge < -0.3 is 5.32 Å². The molecule has 0 fully saturated rings. The number of aromatic nitrogens is 1. The zero-order valence-electron chi connectivity index (χ0n) is 9.05. The minimum atomic E-state index is 0.656. The van der Waals surface area contributed by atoms with Crippen LogP contribution in [0.5, 0.6) is 0 Å². The third-order valence-corrected chi connectivity index (χ3v) is 4.56. The van der Waals surface area contributed by atoms with Crippen molar-refractivity contribution in [2.24, 2.45) is 0 Å². The van der Waals surface area contributed by atoms with Crippen LogP contribution in [0.4, 0.5) is 5.69 Å². The van der Waals surface area contributed by atoms with Gasteiger partial charge in [0.2, 0.25) is 0 Å². The Morgan fingerprint density at radius 3 is 2.44 bits per heavy atom. The number of benzene rings is 1. The van der Waals surface area contributed by atoms with Gasteiger partial charge in [-0.15, -0.1) is 0 Å². The summed E-state index contributed by atoms with van der Waals surface area (Å²) in [6.07, 6.45) is 1.79. The Hall–Kier alpha value is 0.0900. The van der Waals surface area contributed by atoms with Crippen LogP contribution in [0.1, 0.15) is 5.69 Å². The lowest BCUT2D eigenvalue weighted by molar-refractivity contribution is 1.03. The Balaban J connectivity index is 2.13. The van der Waals surface area contributed by atoms with Crippen molar-refractivity contribution < 1.29 is 0 Å². The summed E-state index contributed by atoms with van der Waals surface area (Å²) in [4.78, 5) is 4.36. The topological polar surface area (TPSA) is 24.9 Å². The predicted octanol–water partition coefficient (Wildman–Crippen LogP) is 5.74. The van der Waals surface area contributed by atoms with Gasteiger partial charge >= 0.3 is 0 Å². The summed E-state index contributed by atoms with van der Waals surface area (Å²) in [7, 11) is 0. The number of hydrogen-bond donors (Lipinski definition) is 1. The predicted molar refractivity (Wildman–Crippen MR) is 88.8 cm³/mol. The quantitative estimate of drug-likeness (QED) is 0.582. The molecule has 0 aliphatic carbocycles. The van der Waals surface area contributed by atoms with Crippen molar-refractivity contribution in [3.63, 3.8) is 0 Å². The van der Waals surface area contributed by atoms with Crippen LogP contribution in [0.25, 0.3) is 0 Å². The highest BCUT2D eigenvalue weighted by Crippen LogP contribution is 2.27. The summed E-state index contributed by atoms with van der Waals surface area (Å²) in [5, 5.41) is 3.35. The summed E-state index contributed by atoms with van der Waals surface area (Å²) < 4.78 is 4.01. The molecule has 0 saturated heterocycles. The first-order valence-corrected chi connectivity index (χ1v) is 8.22. The molecule has 94 valence electrons. The van der Waals surface area contributed by atoms with E-state index in [-0.39, 0.29) is 0 Å². The van der Waals surface area contributed by atoms with Gasteiger partial charge in [-0.25, -0.2) is 0 Å². The average molecular weight is 500 g/mol. The van der Waals surface area contributed by atoms with Crippen LogP contribution in [0, 0.1) is 0 Å². The van der Waals surface area contributed by atoms with Gasteiger partial charge in [0.15, 0.2) is 0 Å². The first kappa shape index (κ1) is 14.5. The Kier molecular flexibility index (Phi) is 5.24. The normalized spacial score (nSPS) is 10.4. The maximum atomic E-state index is 4.36. The Bertz CT molecular complexity index is 572. The van der Waals surface area contributed by atoms with E-state index in [0.29, 0.717) is 6.54 Å². The van der Waals surface area contributed by atoms with Gasteiger partial charge in [0.25, 0.3) is 0 Å². The smallest absolute Gasteiger partial charge is 0.0737 e. The molecule has 2 nitrogen and oxygen atoms in total. The fourth-order valence-electron chi connectivity index (χ4n) is 1.38. The lowest BCUT2D eigenvalue weighted by Gasteiger charge is -2.10. The minimum Gasteiger partial charge on any atom is -0.378 e. The van der Waals surface area contributed by atoms with Crippen LogP contribution in [0.3, 0.4) is 0 Å². The van der Waals surface area contributed by atoms with Crippen molar-refractivity contribution in [1.29, 1.82) is 0 Å². The second-order valence-corrected chi connectivity index (χ2v) is 7.10. The van der Waals surface area contributed by atoms with Gasteiger partial charge in [-0.3, -0.25) is 4.98 Å². The molecule has 18 heavy (non-hydrogen) atoms. The highest BCUT2D eigenvalue weighted by Gasteiger charge is 2.04. The molecule has 0 radical (unpaired) electrons. The molecule has 1 aromatic heterocycles. The van der Waals surface area contributed by atoms with Crippen LogP contribution in [0.2, 0.25) is 0 Å². The van der Waals surface area contributed by atoms with Gasteiger partial charge in [-0.1, -0.05) is 15.9 Å². The molecule has 0 atom stereocenters. The van der Waals surface area contributed by atoms with Crippen molar-refractivity contribution in [2.45, 2.75) is 6.54 Å². The van der Waals surface area contributed by atoms with E-state index in [9.17, 15) is 0 Å². The van der Waals surface area contributed by atoms with Gasteiger partial charge in [0, 0.05) is 29.8 Å². The molecule has 0 aliphatic heterocycles. The van der Waals surface area contributed by atoms with Crippen LogP contribution >= 0.6 is 63.7 Å². The highest BCUT2D eigenvalue weighted by molar-refractivity contribution is 9.11. The first-order valence-electron chi connectivity index (χ1n) is 5.05. The third-order valence-electron chi connectivity index (χ3n) is 2.26. The molecule has 0 aliphatic rings. The largest absolute Gasteiger partial charge is 0.378 e. The molecule has 6 heteroatoms. The monoisotopic (exact) mass is 496 g/mol. The van der Waals surface area contributed by atoms with E-state index in [1.807, 2.05) is 24.3 Å². The molecule has 2 aromatic rings. The number of anilines is 1. The zero-order valence-corrected chi connectivity index (χ0v) is 15.4. The van der Waals surface area contributed by atoms with Gasteiger partial charge in [-0.05, 0) is 72.1 Å². The fraction of sp³-hybridized carbons (Fsp3) is 0.0833. The number of rotatable bonds is 3. The van der Waals surface area contributed by atoms with Crippen LogP contribution in [0.15, 0.2) is 48.4 Å². The van der Waals surface area contributed by atoms with E-state index < -0.39 is 0 Å². The molecule has 0 bridgehead atoms. The second-order valence-electron chi connectivity index (χ2n) is 3.56. The van der Waals surface area contributed by atoms with Crippen molar-refractivity contribution in [3.05, 3.63) is 54.0 Å². The molecule has 0 unspecified atom stereocenters. The summed E-state index contributed by atoms with van der Waals surface area (Å²) in [5.74, 6) is 0. The number of nitrogens with zero attached hydrogens (tertiary/aromatic N) is 1. The lowest BCUT2D eigenvalue weighted by Crippen LogP contribution is -2.03. The van der Waals surface area contributed by atoms with Gasteiger partial charge in [0.05, 0.1) is 12.2 Å². The summed E-state index contributed by atoms with van der Waals surface area (Å²) >= 11 is 13.9. The van der Waals surface area contributed by atoms with E-state index >= 15 is 0 Å². The highest BCUT2D eigenvalue weighted by atomic mass is 79.9. The molecule has 0 amide bonds. The lowest BCUT2D eigenvalue weighted by atomic mass is 10.3. The minimum absolute atomic E-state index is 0.656. The van der Waals surface area contributed by atoms with E-state index in [1.165, 1.54) is 0 Å². The number of hydrogen-bond acceptors (Lipinski definition) is 2. The molecule has 0 saturated carbocycles. The number of halogens is 4. The summed E-state index contributed by atoms with van der Waals surface area (Å²) in [5.41, 5.74) is 1.99. The van der Waals surface area contributed by atoms with Crippen molar-refractivity contribution >= 4 is 69.4 Å². The standard InChI is InChI=1S/C12H8Br4N2/c13-7-1-2-9(15)11(4-7)18-6-12-10(16)3-8(14)5-17-12/h1-5,18H,6H2. The van der Waals surface area contributed by atoms with Crippen molar-refractivity contribution in [2.75, 3.05) is 5.32 Å². The second kappa shape index (κ2) is 6.50. The molecule has 2 rings (SSSR count). The Labute approximate surface area is 139 Å². The van der Waals surface area contributed by atoms with Crippen LogP contribution in [-0.2, 0) is 6.54 Å². The third kappa shape index (κ3) is 3.79. The van der Waals surface area contributed by atoms with Crippen molar-refractivity contribution in [1.82, 2.24) is 4.98 Å². The fourth-order valence-corrected chi connectivity index (χ4v) is 3.26. The average Bonchev–Trinajstić information content (AvgIpc) is 2.32. The molecular weight excluding hydrogens is 492 g/mol. The molecule has 1 aromatic carbocycles. The van der Waals surface area contributed by atoms with E-state index in [4.69, 9.17) is 0 Å². The van der Waals surface area contributed by atoms with Crippen LogP contribution in [-0.4, -0.2) is 4.98 Å². The zero-order chi connectivity index (χ0) is 13.1. The van der Waals surface area contributed by atoms with Gasteiger partial charge in [-0.2, -0.15) is 0 Å². The first-order chi connectivity index (χ1) is 8.56. The number of pyridine rings is 1. The Morgan fingerprint density at radius 1 is 0.944 bits per heavy atom. The van der Waals surface area contributed by atoms with Crippen LogP contribution < -0.4 is 5.32 Å². The van der Waals surface area contributed by atoms with E-state index in [2.05, 4.69) is 74.0 Å². The van der Waals surface area contributed by atoms with Gasteiger partial charge in [0.1, 0.15) is 0 Å². The maximum absolute atomic E-state index is 4.36. The summed E-state index contributed by atoms with van der Waals surface area (Å²) in [6.45, 7) is 0.656. The molecule has 1 N–H and O–H groups in total. The van der Waals surface area contributed by atoms with E-state index in [1.54, 1.807) is 6.20 Å². The summed E-state index contributed by atoms with van der Waals surface area (Å²) in [6, 6.07) is 8.00. The maximum Gasteiger partial charge on any atom is 0.0737 e. The van der Waals surface area contributed by atoms with E-state index in [0.717, 1.165) is 29.3 Å². The molecule has 1 heterocycles. The van der Waals surface area contributed by atoms with Crippen molar-refractivity contribution in [3.8, 4) is 0 Å². The SMILES string of the molecule is Brc1cnc(CNc2cc(Br)ccc2Br)c(Br)c1. The molecule has 0 spiro atoms. The number of nitrogens with one attached hydrogen (secondary N) is 1.